The maximum absolute atomic E-state index is 12.8. The predicted octanol–water partition coefficient (Wildman–Crippen LogP) is 2.65. The second-order valence-corrected chi connectivity index (χ2v) is 10.8. The van der Waals surface area contributed by atoms with Gasteiger partial charge in [-0.3, -0.25) is 4.79 Å². The molecule has 7 nitrogen and oxygen atoms in total. The van der Waals surface area contributed by atoms with Crippen LogP contribution in [0, 0.1) is 0 Å². The number of benzene rings is 2. The van der Waals surface area contributed by atoms with Crippen molar-refractivity contribution in [1.82, 2.24) is 4.72 Å². The van der Waals surface area contributed by atoms with Crippen LogP contribution >= 0.6 is 0 Å². The van der Waals surface area contributed by atoms with Crippen LogP contribution in [0.15, 0.2) is 58.3 Å². The number of hydrogen-bond donors (Lipinski definition) is 1. The molecule has 0 bridgehead atoms. The molecule has 1 fully saturated rings. The Morgan fingerprint density at radius 3 is 2.03 bits per heavy atom. The zero-order valence-electron chi connectivity index (χ0n) is 16.3. The van der Waals surface area contributed by atoms with Gasteiger partial charge in [-0.25, -0.2) is 21.6 Å². The van der Waals surface area contributed by atoms with E-state index in [2.05, 4.69) is 4.72 Å². The second kappa shape index (κ2) is 8.25. The fourth-order valence-electron chi connectivity index (χ4n) is 3.32. The lowest BCUT2D eigenvalue weighted by Gasteiger charge is -2.19. The summed E-state index contributed by atoms with van der Waals surface area (Å²) >= 11 is 0. The van der Waals surface area contributed by atoms with E-state index >= 15 is 0 Å². The van der Waals surface area contributed by atoms with Crippen LogP contribution in [-0.2, 0) is 24.7 Å². The van der Waals surface area contributed by atoms with Crippen LogP contribution in [0.1, 0.15) is 37.8 Å². The summed E-state index contributed by atoms with van der Waals surface area (Å²) in [6, 6.07) is 12.0. The van der Waals surface area contributed by atoms with Crippen LogP contribution < -0.4 is 9.62 Å². The lowest BCUT2D eigenvalue weighted by Crippen LogP contribution is -2.28. The van der Waals surface area contributed by atoms with Crippen molar-refractivity contribution >= 4 is 31.5 Å². The molecule has 1 saturated heterocycles. The molecule has 3 rings (SSSR count). The third kappa shape index (κ3) is 4.85. The molecule has 1 aliphatic rings. The van der Waals surface area contributed by atoms with Gasteiger partial charge in [0.15, 0.2) is 9.84 Å². The Labute approximate surface area is 171 Å². The zero-order chi connectivity index (χ0) is 21.2. The summed E-state index contributed by atoms with van der Waals surface area (Å²) in [5, 5.41) is 0. The van der Waals surface area contributed by atoms with Crippen molar-refractivity contribution < 1.29 is 21.6 Å². The number of nitrogens with zero attached hydrogens (tertiary/aromatic N) is 1. The molecule has 156 valence electrons. The number of carbonyl (C=O) groups excluding carboxylic acids is 1. The van der Waals surface area contributed by atoms with Crippen LogP contribution in [0.5, 0.6) is 0 Å². The molecule has 9 heteroatoms. The minimum Gasteiger partial charge on any atom is -0.312 e. The van der Waals surface area contributed by atoms with Crippen LogP contribution in [0.4, 0.5) is 5.69 Å². The molecule has 0 spiro atoms. The van der Waals surface area contributed by atoms with Gasteiger partial charge in [0, 0.05) is 31.0 Å². The molecular weight excluding hydrogens is 412 g/mol. The van der Waals surface area contributed by atoms with Gasteiger partial charge >= 0.3 is 0 Å². The van der Waals surface area contributed by atoms with Gasteiger partial charge < -0.3 is 4.90 Å². The van der Waals surface area contributed by atoms with Crippen LogP contribution in [0.2, 0.25) is 0 Å². The van der Waals surface area contributed by atoms with Gasteiger partial charge in [-0.2, -0.15) is 0 Å². The largest absolute Gasteiger partial charge is 0.312 e. The van der Waals surface area contributed by atoms with E-state index in [9.17, 15) is 21.6 Å². The number of nitrogens with one attached hydrogen (secondary N) is 1. The summed E-state index contributed by atoms with van der Waals surface area (Å²) in [4.78, 5) is 13.8. The molecular formula is C20H24N2O5S2. The molecule has 1 aliphatic heterocycles. The average molecular weight is 437 g/mol. The zero-order valence-corrected chi connectivity index (χ0v) is 18.0. The molecule has 1 amide bonds. The second-order valence-electron chi connectivity index (χ2n) is 7.07. The van der Waals surface area contributed by atoms with E-state index in [-0.39, 0.29) is 15.7 Å². The van der Waals surface area contributed by atoms with Gasteiger partial charge in [-0.05, 0) is 54.8 Å². The van der Waals surface area contributed by atoms with E-state index in [1.54, 1.807) is 29.2 Å². The Balaban J connectivity index is 1.79. The lowest BCUT2D eigenvalue weighted by molar-refractivity contribution is -0.117. The lowest BCUT2D eigenvalue weighted by atomic mass is 10.1. The quantitative estimate of drug-likeness (QED) is 0.719. The number of sulfonamides is 1. The van der Waals surface area contributed by atoms with Crippen molar-refractivity contribution in [2.24, 2.45) is 0 Å². The highest BCUT2D eigenvalue weighted by atomic mass is 32.2. The first-order chi connectivity index (χ1) is 13.6. The fraction of sp³-hybridized carbons (Fsp3) is 0.350. The number of rotatable bonds is 7. The average Bonchev–Trinajstić information content (AvgIpc) is 3.11. The van der Waals surface area contributed by atoms with Crippen molar-refractivity contribution in [3.8, 4) is 0 Å². The summed E-state index contributed by atoms with van der Waals surface area (Å²) in [5.74, 6) is 0.0438. The van der Waals surface area contributed by atoms with E-state index < -0.39 is 25.9 Å². The molecule has 0 radical (unpaired) electrons. The van der Waals surface area contributed by atoms with E-state index in [4.69, 9.17) is 0 Å². The SMILES string of the molecule is CCC(NS(=O)(=O)c1ccc(N2CCCC2=O)cc1)c1ccc(S(C)(=O)=O)cc1. The smallest absolute Gasteiger partial charge is 0.241 e. The van der Waals surface area contributed by atoms with Gasteiger partial charge in [0.25, 0.3) is 0 Å². The van der Waals surface area contributed by atoms with Crippen molar-refractivity contribution in [2.75, 3.05) is 17.7 Å². The van der Waals surface area contributed by atoms with Crippen molar-refractivity contribution in [3.05, 3.63) is 54.1 Å². The standard InChI is InChI=1S/C20H24N2O5S2/c1-3-19(15-6-10-17(11-7-15)28(2,24)25)21-29(26,27)18-12-8-16(9-13-18)22-14-4-5-20(22)23/h6-13,19,21H,3-5,14H2,1-2H3. The van der Waals surface area contributed by atoms with E-state index in [0.717, 1.165) is 12.7 Å². The normalized spacial score (nSPS) is 16.2. The third-order valence-corrected chi connectivity index (χ3v) is 7.56. The minimum atomic E-state index is -3.78. The summed E-state index contributed by atoms with van der Waals surface area (Å²) in [7, 11) is -7.10. The summed E-state index contributed by atoms with van der Waals surface area (Å²) in [6.45, 7) is 2.49. The molecule has 1 heterocycles. The van der Waals surface area contributed by atoms with Crippen LogP contribution in [-0.4, -0.2) is 35.5 Å². The number of sulfone groups is 1. The first-order valence-electron chi connectivity index (χ1n) is 9.34. The predicted molar refractivity (Wildman–Crippen MR) is 111 cm³/mol. The molecule has 2 aromatic rings. The Morgan fingerprint density at radius 2 is 1.55 bits per heavy atom. The highest BCUT2D eigenvalue weighted by molar-refractivity contribution is 7.90. The van der Waals surface area contributed by atoms with Gasteiger partial charge in [0.05, 0.1) is 9.79 Å². The van der Waals surface area contributed by atoms with Gasteiger partial charge in [0.2, 0.25) is 15.9 Å². The van der Waals surface area contributed by atoms with Crippen LogP contribution in [0.25, 0.3) is 0 Å². The highest BCUT2D eigenvalue weighted by Gasteiger charge is 2.24. The molecule has 0 aromatic heterocycles. The molecule has 2 aromatic carbocycles. The van der Waals surface area contributed by atoms with Gasteiger partial charge in [0.1, 0.15) is 0 Å². The van der Waals surface area contributed by atoms with E-state index in [1.807, 2.05) is 6.92 Å². The number of carbonyl (C=O) groups is 1. The Bertz CT molecular complexity index is 1090. The number of hydrogen-bond acceptors (Lipinski definition) is 5. The third-order valence-electron chi connectivity index (χ3n) is 4.95. The highest BCUT2D eigenvalue weighted by Crippen LogP contribution is 2.25. The first kappa shape index (κ1) is 21.5. The topological polar surface area (TPSA) is 101 Å². The molecule has 0 saturated carbocycles. The maximum atomic E-state index is 12.8. The van der Waals surface area contributed by atoms with Crippen molar-refractivity contribution in [1.29, 1.82) is 0 Å². The van der Waals surface area contributed by atoms with E-state index in [0.29, 0.717) is 30.6 Å². The Morgan fingerprint density at radius 1 is 0.966 bits per heavy atom. The molecule has 1 unspecified atom stereocenters. The minimum absolute atomic E-state index is 0.0438. The Kier molecular flexibility index (Phi) is 6.11. The Hall–Kier alpha value is -2.23. The monoisotopic (exact) mass is 436 g/mol. The van der Waals surface area contributed by atoms with Gasteiger partial charge in [-0.1, -0.05) is 19.1 Å². The fourth-order valence-corrected chi connectivity index (χ4v) is 5.25. The van der Waals surface area contributed by atoms with Gasteiger partial charge in [-0.15, -0.1) is 0 Å². The summed E-state index contributed by atoms with van der Waals surface area (Å²) in [5.41, 5.74) is 1.37. The van der Waals surface area contributed by atoms with E-state index in [1.165, 1.54) is 24.3 Å². The van der Waals surface area contributed by atoms with Crippen molar-refractivity contribution in [2.45, 2.75) is 42.0 Å². The summed E-state index contributed by atoms with van der Waals surface area (Å²) in [6.07, 6.45) is 2.94. The molecule has 0 aliphatic carbocycles. The summed E-state index contributed by atoms with van der Waals surface area (Å²) < 4.78 is 51.5. The molecule has 1 atom stereocenters. The molecule has 29 heavy (non-hydrogen) atoms. The maximum Gasteiger partial charge on any atom is 0.241 e. The first-order valence-corrected chi connectivity index (χ1v) is 12.7. The van der Waals surface area contributed by atoms with Crippen molar-refractivity contribution in [3.63, 3.8) is 0 Å². The number of anilines is 1. The number of amides is 1. The molecule has 1 N–H and O–H groups in total. The van der Waals surface area contributed by atoms with Crippen LogP contribution in [0.3, 0.4) is 0 Å².